The van der Waals surface area contributed by atoms with Crippen molar-refractivity contribution in [1.82, 2.24) is 4.98 Å². The molecule has 2 aromatic rings. The Labute approximate surface area is 104 Å². The van der Waals surface area contributed by atoms with Gasteiger partial charge in [0.2, 0.25) is 12.7 Å². The Hall–Kier alpha value is -2.43. The fourth-order valence-electron chi connectivity index (χ4n) is 1.93. The minimum Gasteiger partial charge on any atom is -0.481 e. The van der Waals surface area contributed by atoms with Gasteiger partial charge in [0.05, 0.1) is 12.8 Å². The van der Waals surface area contributed by atoms with Crippen molar-refractivity contribution < 1.29 is 14.2 Å². The fourth-order valence-corrected chi connectivity index (χ4v) is 1.93. The van der Waals surface area contributed by atoms with Crippen molar-refractivity contribution in [2.24, 2.45) is 0 Å². The van der Waals surface area contributed by atoms with Crippen LogP contribution in [-0.4, -0.2) is 18.9 Å². The summed E-state index contributed by atoms with van der Waals surface area (Å²) in [4.78, 5) is 4.07. The molecule has 92 valence electrons. The number of benzene rings is 1. The standard InChI is InChI=1S/C13H12N2O3/c1-16-11-6-8(4-5-15-11)9-2-3-10-13(12(9)14)18-7-17-10/h2-6H,7,14H2,1H3. The molecule has 0 fully saturated rings. The van der Waals surface area contributed by atoms with Gasteiger partial charge in [-0.2, -0.15) is 0 Å². The average molecular weight is 244 g/mol. The van der Waals surface area contributed by atoms with Crippen LogP contribution in [0.2, 0.25) is 0 Å². The molecule has 5 nitrogen and oxygen atoms in total. The van der Waals surface area contributed by atoms with Gasteiger partial charge in [0, 0.05) is 17.8 Å². The molecule has 0 atom stereocenters. The Morgan fingerprint density at radius 3 is 3.00 bits per heavy atom. The van der Waals surface area contributed by atoms with Crippen LogP contribution in [0.15, 0.2) is 30.5 Å². The number of anilines is 1. The van der Waals surface area contributed by atoms with Crippen molar-refractivity contribution in [1.29, 1.82) is 0 Å². The number of methoxy groups -OCH3 is 1. The second-order valence-corrected chi connectivity index (χ2v) is 3.85. The highest BCUT2D eigenvalue weighted by molar-refractivity contribution is 5.83. The van der Waals surface area contributed by atoms with Crippen LogP contribution in [0.4, 0.5) is 5.69 Å². The molecule has 2 heterocycles. The smallest absolute Gasteiger partial charge is 0.231 e. The zero-order valence-corrected chi connectivity index (χ0v) is 9.84. The van der Waals surface area contributed by atoms with Crippen LogP contribution < -0.4 is 19.9 Å². The molecule has 1 aliphatic rings. The van der Waals surface area contributed by atoms with Gasteiger partial charge >= 0.3 is 0 Å². The lowest BCUT2D eigenvalue weighted by atomic mass is 10.0. The van der Waals surface area contributed by atoms with Crippen molar-refractivity contribution in [3.05, 3.63) is 30.5 Å². The quantitative estimate of drug-likeness (QED) is 0.819. The van der Waals surface area contributed by atoms with Gasteiger partial charge in [0.1, 0.15) is 0 Å². The number of pyridine rings is 1. The lowest BCUT2D eigenvalue weighted by molar-refractivity contribution is 0.174. The molecule has 0 bridgehead atoms. The van der Waals surface area contributed by atoms with E-state index in [-0.39, 0.29) is 6.79 Å². The van der Waals surface area contributed by atoms with Crippen molar-refractivity contribution in [2.75, 3.05) is 19.6 Å². The molecule has 1 aromatic heterocycles. The zero-order chi connectivity index (χ0) is 12.5. The van der Waals surface area contributed by atoms with Crippen molar-refractivity contribution in [3.8, 4) is 28.5 Å². The maximum atomic E-state index is 6.09. The van der Waals surface area contributed by atoms with E-state index in [9.17, 15) is 0 Å². The first-order valence-electron chi connectivity index (χ1n) is 5.48. The Bertz CT molecular complexity index is 599. The van der Waals surface area contributed by atoms with Gasteiger partial charge in [0.15, 0.2) is 11.5 Å². The number of nitrogens with two attached hydrogens (primary N) is 1. The SMILES string of the molecule is COc1cc(-c2ccc3c(c2N)OCO3)ccn1. The van der Waals surface area contributed by atoms with Crippen molar-refractivity contribution >= 4 is 5.69 Å². The summed E-state index contributed by atoms with van der Waals surface area (Å²) in [5.41, 5.74) is 8.46. The highest BCUT2D eigenvalue weighted by atomic mass is 16.7. The molecule has 0 spiro atoms. The van der Waals surface area contributed by atoms with E-state index in [4.69, 9.17) is 19.9 Å². The van der Waals surface area contributed by atoms with E-state index in [1.165, 1.54) is 0 Å². The Balaban J connectivity index is 2.11. The predicted octanol–water partition coefficient (Wildman–Crippen LogP) is 2.07. The van der Waals surface area contributed by atoms with Gasteiger partial charge in [-0.3, -0.25) is 0 Å². The highest BCUT2D eigenvalue weighted by Crippen LogP contribution is 2.43. The number of hydrogen-bond donors (Lipinski definition) is 1. The maximum Gasteiger partial charge on any atom is 0.231 e. The Morgan fingerprint density at radius 2 is 2.17 bits per heavy atom. The topological polar surface area (TPSA) is 66.6 Å². The lowest BCUT2D eigenvalue weighted by Crippen LogP contribution is -1.96. The molecule has 0 saturated heterocycles. The summed E-state index contributed by atoms with van der Waals surface area (Å²) in [6.45, 7) is 0.211. The minimum atomic E-state index is 0.211. The van der Waals surface area contributed by atoms with Crippen LogP contribution in [0, 0.1) is 0 Å². The van der Waals surface area contributed by atoms with Gasteiger partial charge in [0.25, 0.3) is 0 Å². The number of fused-ring (bicyclic) bond motifs is 1. The van der Waals surface area contributed by atoms with Crippen LogP contribution >= 0.6 is 0 Å². The number of ether oxygens (including phenoxy) is 3. The molecule has 3 rings (SSSR count). The highest BCUT2D eigenvalue weighted by Gasteiger charge is 2.19. The summed E-state index contributed by atoms with van der Waals surface area (Å²) in [5, 5.41) is 0. The van der Waals surface area contributed by atoms with E-state index in [2.05, 4.69) is 4.98 Å². The third kappa shape index (κ3) is 1.60. The molecular weight excluding hydrogens is 232 g/mol. The van der Waals surface area contributed by atoms with Crippen LogP contribution in [-0.2, 0) is 0 Å². The Kier molecular flexibility index (Phi) is 2.44. The molecule has 0 amide bonds. The van der Waals surface area contributed by atoms with Crippen molar-refractivity contribution in [2.45, 2.75) is 0 Å². The fraction of sp³-hybridized carbons (Fsp3) is 0.154. The maximum absolute atomic E-state index is 6.09. The summed E-state index contributed by atoms with van der Waals surface area (Å²) in [6.07, 6.45) is 1.68. The van der Waals surface area contributed by atoms with E-state index in [1.807, 2.05) is 24.3 Å². The first-order chi connectivity index (χ1) is 8.79. The second kappa shape index (κ2) is 4.10. The van der Waals surface area contributed by atoms with E-state index in [1.54, 1.807) is 13.3 Å². The van der Waals surface area contributed by atoms with Gasteiger partial charge in [-0.15, -0.1) is 0 Å². The first kappa shape index (κ1) is 10.7. The molecule has 1 aromatic carbocycles. The minimum absolute atomic E-state index is 0.211. The molecule has 5 heteroatoms. The zero-order valence-electron chi connectivity index (χ0n) is 9.84. The number of nitrogen functional groups attached to an aromatic ring is 1. The largest absolute Gasteiger partial charge is 0.481 e. The third-order valence-electron chi connectivity index (χ3n) is 2.83. The molecule has 2 N–H and O–H groups in total. The van der Waals surface area contributed by atoms with Gasteiger partial charge in [-0.1, -0.05) is 0 Å². The summed E-state index contributed by atoms with van der Waals surface area (Å²) in [6, 6.07) is 7.45. The van der Waals surface area contributed by atoms with E-state index in [0.717, 1.165) is 11.1 Å². The number of hydrogen-bond acceptors (Lipinski definition) is 5. The predicted molar refractivity (Wildman–Crippen MR) is 66.8 cm³/mol. The van der Waals surface area contributed by atoms with Gasteiger partial charge in [-0.25, -0.2) is 4.98 Å². The second-order valence-electron chi connectivity index (χ2n) is 3.85. The van der Waals surface area contributed by atoms with E-state index in [0.29, 0.717) is 23.1 Å². The normalized spacial score (nSPS) is 12.5. The van der Waals surface area contributed by atoms with Crippen LogP contribution in [0.25, 0.3) is 11.1 Å². The molecule has 18 heavy (non-hydrogen) atoms. The van der Waals surface area contributed by atoms with Crippen molar-refractivity contribution in [3.63, 3.8) is 0 Å². The monoisotopic (exact) mass is 244 g/mol. The summed E-state index contributed by atoms with van der Waals surface area (Å²) in [7, 11) is 1.58. The third-order valence-corrected chi connectivity index (χ3v) is 2.83. The van der Waals surface area contributed by atoms with E-state index >= 15 is 0 Å². The number of nitrogens with zero attached hydrogens (tertiary/aromatic N) is 1. The van der Waals surface area contributed by atoms with E-state index < -0.39 is 0 Å². The summed E-state index contributed by atoms with van der Waals surface area (Å²) >= 11 is 0. The summed E-state index contributed by atoms with van der Waals surface area (Å²) in [5.74, 6) is 1.82. The molecule has 0 radical (unpaired) electrons. The molecule has 0 aliphatic carbocycles. The van der Waals surface area contributed by atoms with Crippen LogP contribution in [0.1, 0.15) is 0 Å². The molecule has 0 unspecified atom stereocenters. The average Bonchev–Trinajstić information content (AvgIpc) is 2.88. The molecular formula is C13H12N2O3. The molecule has 0 saturated carbocycles. The van der Waals surface area contributed by atoms with Crippen LogP contribution in [0.5, 0.6) is 17.4 Å². The number of aromatic nitrogens is 1. The van der Waals surface area contributed by atoms with Gasteiger partial charge < -0.3 is 19.9 Å². The van der Waals surface area contributed by atoms with Crippen LogP contribution in [0.3, 0.4) is 0 Å². The number of rotatable bonds is 2. The lowest BCUT2D eigenvalue weighted by Gasteiger charge is -2.09. The molecule has 1 aliphatic heterocycles. The first-order valence-corrected chi connectivity index (χ1v) is 5.48. The van der Waals surface area contributed by atoms with Gasteiger partial charge in [-0.05, 0) is 23.8 Å². The summed E-state index contributed by atoms with van der Waals surface area (Å²) < 4.78 is 15.7. The Morgan fingerprint density at radius 1 is 1.28 bits per heavy atom.